The summed E-state index contributed by atoms with van der Waals surface area (Å²) in [6.45, 7) is 6.49. The molecule has 0 spiro atoms. The summed E-state index contributed by atoms with van der Waals surface area (Å²) in [5.74, 6) is 1.99. The molecule has 0 amide bonds. The summed E-state index contributed by atoms with van der Waals surface area (Å²) in [5, 5.41) is 0. The van der Waals surface area contributed by atoms with E-state index in [-0.39, 0.29) is 5.78 Å². The van der Waals surface area contributed by atoms with Crippen LogP contribution in [0.4, 0.5) is 0 Å². The van der Waals surface area contributed by atoms with Gasteiger partial charge in [0.25, 0.3) is 0 Å². The maximum absolute atomic E-state index is 13.5. The van der Waals surface area contributed by atoms with Crippen molar-refractivity contribution in [1.29, 1.82) is 0 Å². The van der Waals surface area contributed by atoms with Gasteiger partial charge in [-0.1, -0.05) is 25.8 Å². The molecular formula is C23H30O5. The normalized spacial score (nSPS) is 10.5. The van der Waals surface area contributed by atoms with Crippen molar-refractivity contribution in [2.45, 2.75) is 40.0 Å². The van der Waals surface area contributed by atoms with Crippen LogP contribution in [0.2, 0.25) is 0 Å². The zero-order chi connectivity index (χ0) is 20.7. The maximum Gasteiger partial charge on any atom is 0.201 e. The van der Waals surface area contributed by atoms with E-state index >= 15 is 0 Å². The molecule has 152 valence electrons. The van der Waals surface area contributed by atoms with Crippen molar-refractivity contribution < 1.29 is 23.7 Å². The number of carbonyl (C=O) groups excluding carboxylic acids is 1. The van der Waals surface area contributed by atoms with Crippen LogP contribution in [0.1, 0.15) is 53.2 Å². The summed E-state index contributed by atoms with van der Waals surface area (Å²) in [6.07, 6.45) is 3.18. The Kier molecular flexibility index (Phi) is 7.73. The van der Waals surface area contributed by atoms with Crippen molar-refractivity contribution in [2.24, 2.45) is 0 Å². The van der Waals surface area contributed by atoms with Crippen LogP contribution in [-0.4, -0.2) is 33.7 Å². The van der Waals surface area contributed by atoms with Gasteiger partial charge in [0.05, 0.1) is 39.1 Å². The number of methoxy groups -OCH3 is 3. The summed E-state index contributed by atoms with van der Waals surface area (Å²) < 4.78 is 22.3. The predicted octanol–water partition coefficient (Wildman–Crippen LogP) is 5.13. The fourth-order valence-electron chi connectivity index (χ4n) is 3.21. The average molecular weight is 386 g/mol. The smallest absolute Gasteiger partial charge is 0.201 e. The third-order valence-electron chi connectivity index (χ3n) is 4.72. The number of ketones is 1. The lowest BCUT2D eigenvalue weighted by atomic mass is 9.94. The number of aryl methyl sites for hydroxylation is 2. The van der Waals surface area contributed by atoms with Gasteiger partial charge >= 0.3 is 0 Å². The molecular weight excluding hydrogens is 356 g/mol. The van der Waals surface area contributed by atoms with Crippen LogP contribution in [0.25, 0.3) is 0 Å². The van der Waals surface area contributed by atoms with E-state index in [1.807, 2.05) is 32.0 Å². The Bertz CT molecular complexity index is 826. The fraction of sp³-hybridized carbons (Fsp3) is 0.435. The van der Waals surface area contributed by atoms with Crippen LogP contribution < -0.4 is 18.9 Å². The Morgan fingerprint density at radius 1 is 0.857 bits per heavy atom. The van der Waals surface area contributed by atoms with E-state index in [9.17, 15) is 4.79 Å². The van der Waals surface area contributed by atoms with Gasteiger partial charge in [0.15, 0.2) is 11.5 Å². The largest absolute Gasteiger partial charge is 0.497 e. The second-order valence-corrected chi connectivity index (χ2v) is 6.70. The first-order chi connectivity index (χ1) is 13.5. The van der Waals surface area contributed by atoms with Gasteiger partial charge in [0.1, 0.15) is 11.5 Å². The molecule has 0 heterocycles. The molecule has 2 rings (SSSR count). The summed E-state index contributed by atoms with van der Waals surface area (Å²) in [4.78, 5) is 13.5. The van der Waals surface area contributed by atoms with Crippen LogP contribution in [0.15, 0.2) is 24.3 Å². The lowest BCUT2D eigenvalue weighted by Gasteiger charge is -2.18. The lowest BCUT2D eigenvalue weighted by Crippen LogP contribution is -2.11. The van der Waals surface area contributed by atoms with Crippen molar-refractivity contribution in [3.63, 3.8) is 0 Å². The predicted molar refractivity (Wildman–Crippen MR) is 110 cm³/mol. The number of carbonyl (C=O) groups is 1. The van der Waals surface area contributed by atoms with Crippen molar-refractivity contribution in [2.75, 3.05) is 27.9 Å². The SMILES string of the molecule is CCCCCOc1ccc(C)c(C(=O)c2c(C)cc(OC)cc2OC)c1OC. The van der Waals surface area contributed by atoms with Gasteiger partial charge in [-0.25, -0.2) is 0 Å². The minimum atomic E-state index is -0.162. The van der Waals surface area contributed by atoms with Crippen molar-refractivity contribution >= 4 is 5.78 Å². The quantitative estimate of drug-likeness (QED) is 0.418. The first-order valence-corrected chi connectivity index (χ1v) is 9.56. The third-order valence-corrected chi connectivity index (χ3v) is 4.72. The molecule has 0 radical (unpaired) electrons. The molecule has 2 aromatic carbocycles. The molecule has 5 heteroatoms. The first-order valence-electron chi connectivity index (χ1n) is 9.56. The van der Waals surface area contributed by atoms with Crippen LogP contribution in [0.3, 0.4) is 0 Å². The monoisotopic (exact) mass is 386 g/mol. The summed E-state index contributed by atoms with van der Waals surface area (Å²) >= 11 is 0. The zero-order valence-corrected chi connectivity index (χ0v) is 17.7. The second-order valence-electron chi connectivity index (χ2n) is 6.70. The van der Waals surface area contributed by atoms with E-state index in [4.69, 9.17) is 18.9 Å². The van der Waals surface area contributed by atoms with Crippen molar-refractivity contribution in [3.8, 4) is 23.0 Å². The highest BCUT2D eigenvalue weighted by molar-refractivity contribution is 6.14. The van der Waals surface area contributed by atoms with Crippen molar-refractivity contribution in [3.05, 3.63) is 46.5 Å². The molecule has 0 N–H and O–H groups in total. The van der Waals surface area contributed by atoms with Gasteiger partial charge in [-0.3, -0.25) is 4.79 Å². The second kappa shape index (κ2) is 10.0. The van der Waals surface area contributed by atoms with Crippen LogP contribution >= 0.6 is 0 Å². The third kappa shape index (κ3) is 4.58. The van der Waals surface area contributed by atoms with Gasteiger partial charge in [0, 0.05) is 6.07 Å². The molecule has 0 atom stereocenters. The molecule has 28 heavy (non-hydrogen) atoms. The minimum absolute atomic E-state index is 0.162. The van der Waals surface area contributed by atoms with Gasteiger partial charge in [-0.05, 0) is 43.5 Å². The summed E-state index contributed by atoms with van der Waals surface area (Å²) in [5.41, 5.74) is 2.58. The number of ether oxygens (including phenoxy) is 4. The Hall–Kier alpha value is -2.69. The van der Waals surface area contributed by atoms with E-state index in [1.165, 1.54) is 0 Å². The van der Waals surface area contributed by atoms with E-state index < -0.39 is 0 Å². The van der Waals surface area contributed by atoms with Crippen LogP contribution in [-0.2, 0) is 0 Å². The Morgan fingerprint density at radius 2 is 1.61 bits per heavy atom. The highest BCUT2D eigenvalue weighted by Gasteiger charge is 2.25. The van der Waals surface area contributed by atoms with Crippen LogP contribution in [0, 0.1) is 13.8 Å². The number of benzene rings is 2. The number of rotatable bonds is 10. The Labute approximate surface area is 167 Å². The number of unbranched alkanes of at least 4 members (excludes halogenated alkanes) is 2. The summed E-state index contributed by atoms with van der Waals surface area (Å²) in [7, 11) is 4.69. The van der Waals surface area contributed by atoms with Gasteiger partial charge in [-0.15, -0.1) is 0 Å². The van der Waals surface area contributed by atoms with E-state index in [0.717, 1.165) is 30.4 Å². The number of hydrogen-bond donors (Lipinski definition) is 0. The molecule has 0 aliphatic carbocycles. The number of hydrogen-bond acceptors (Lipinski definition) is 5. The summed E-state index contributed by atoms with van der Waals surface area (Å²) in [6, 6.07) is 7.28. The fourth-order valence-corrected chi connectivity index (χ4v) is 3.21. The highest BCUT2D eigenvalue weighted by atomic mass is 16.5. The highest BCUT2D eigenvalue weighted by Crippen LogP contribution is 2.38. The van der Waals surface area contributed by atoms with Gasteiger partial charge < -0.3 is 18.9 Å². The lowest BCUT2D eigenvalue weighted by molar-refractivity contribution is 0.103. The Morgan fingerprint density at radius 3 is 2.21 bits per heavy atom. The molecule has 0 saturated heterocycles. The molecule has 0 fully saturated rings. The minimum Gasteiger partial charge on any atom is -0.497 e. The first kappa shape index (κ1) is 21.6. The molecule has 5 nitrogen and oxygen atoms in total. The van der Waals surface area contributed by atoms with Gasteiger partial charge in [-0.2, -0.15) is 0 Å². The van der Waals surface area contributed by atoms with Gasteiger partial charge in [0.2, 0.25) is 5.78 Å². The molecule has 0 unspecified atom stereocenters. The topological polar surface area (TPSA) is 54.0 Å². The standard InChI is InChI=1S/C23H30O5/c1-7-8-9-12-28-18-11-10-15(2)21(23(18)27-6)22(24)20-16(3)13-17(25-4)14-19(20)26-5/h10-11,13-14H,7-9,12H2,1-6H3. The zero-order valence-electron chi connectivity index (χ0n) is 17.7. The maximum atomic E-state index is 13.5. The van der Waals surface area contributed by atoms with E-state index in [2.05, 4.69) is 6.92 Å². The molecule has 0 saturated carbocycles. The molecule has 2 aromatic rings. The Balaban J connectivity index is 2.51. The van der Waals surface area contributed by atoms with Crippen molar-refractivity contribution in [1.82, 2.24) is 0 Å². The molecule has 0 aliphatic rings. The van der Waals surface area contributed by atoms with E-state index in [0.29, 0.717) is 40.7 Å². The molecule has 0 aromatic heterocycles. The average Bonchev–Trinajstić information content (AvgIpc) is 2.70. The van der Waals surface area contributed by atoms with Crippen LogP contribution in [0.5, 0.6) is 23.0 Å². The molecule has 0 bridgehead atoms. The molecule has 0 aliphatic heterocycles. The van der Waals surface area contributed by atoms with E-state index in [1.54, 1.807) is 27.4 Å².